The first-order valence-corrected chi connectivity index (χ1v) is 4.50. The van der Waals surface area contributed by atoms with Crippen LogP contribution in [0.4, 0.5) is 0 Å². The standard InChI is InChI=1S/C9H20O3/c1-8(2)4-5-11-6-7-12-9(3)10/h8-10H,4-7H2,1-3H3. The second-order valence-corrected chi connectivity index (χ2v) is 3.26. The molecule has 0 heterocycles. The summed E-state index contributed by atoms with van der Waals surface area (Å²) < 4.78 is 10.1. The molecule has 74 valence electrons. The van der Waals surface area contributed by atoms with Crippen LogP contribution in [-0.2, 0) is 9.47 Å². The molecular formula is C9H20O3. The molecule has 3 heteroatoms. The molecule has 0 aliphatic heterocycles. The molecule has 0 bridgehead atoms. The van der Waals surface area contributed by atoms with Crippen LogP contribution in [0.2, 0.25) is 0 Å². The van der Waals surface area contributed by atoms with Crippen molar-refractivity contribution in [1.29, 1.82) is 0 Å². The van der Waals surface area contributed by atoms with Crippen LogP contribution >= 0.6 is 0 Å². The molecule has 0 fully saturated rings. The van der Waals surface area contributed by atoms with Gasteiger partial charge in [0.15, 0.2) is 6.29 Å². The van der Waals surface area contributed by atoms with Gasteiger partial charge in [0, 0.05) is 6.61 Å². The van der Waals surface area contributed by atoms with Gasteiger partial charge in [-0.05, 0) is 19.3 Å². The fourth-order valence-corrected chi connectivity index (χ4v) is 0.699. The van der Waals surface area contributed by atoms with Crippen LogP contribution in [-0.4, -0.2) is 31.2 Å². The largest absolute Gasteiger partial charge is 0.379 e. The third-order valence-corrected chi connectivity index (χ3v) is 1.43. The fourth-order valence-electron chi connectivity index (χ4n) is 0.699. The monoisotopic (exact) mass is 176 g/mol. The molecule has 0 amide bonds. The Bertz CT molecular complexity index is 79.8. The van der Waals surface area contributed by atoms with E-state index in [-0.39, 0.29) is 0 Å². The third-order valence-electron chi connectivity index (χ3n) is 1.43. The van der Waals surface area contributed by atoms with E-state index in [0.717, 1.165) is 13.0 Å². The molecule has 0 aromatic heterocycles. The normalized spacial score (nSPS) is 13.8. The van der Waals surface area contributed by atoms with Crippen molar-refractivity contribution in [3.8, 4) is 0 Å². The summed E-state index contributed by atoms with van der Waals surface area (Å²) in [6.07, 6.45) is 0.396. The SMILES string of the molecule is CC(C)CCOCCOC(C)O. The predicted molar refractivity (Wildman–Crippen MR) is 47.9 cm³/mol. The Morgan fingerprint density at radius 3 is 2.25 bits per heavy atom. The smallest absolute Gasteiger partial charge is 0.151 e. The molecular weight excluding hydrogens is 156 g/mol. The molecule has 0 rings (SSSR count). The zero-order valence-corrected chi connectivity index (χ0v) is 8.25. The van der Waals surface area contributed by atoms with Crippen molar-refractivity contribution in [3.05, 3.63) is 0 Å². The summed E-state index contributed by atoms with van der Waals surface area (Å²) in [4.78, 5) is 0. The van der Waals surface area contributed by atoms with Gasteiger partial charge in [0.05, 0.1) is 13.2 Å². The zero-order chi connectivity index (χ0) is 9.40. The average molecular weight is 176 g/mol. The first-order valence-electron chi connectivity index (χ1n) is 4.50. The van der Waals surface area contributed by atoms with Gasteiger partial charge >= 0.3 is 0 Å². The van der Waals surface area contributed by atoms with Crippen molar-refractivity contribution in [2.75, 3.05) is 19.8 Å². The maximum Gasteiger partial charge on any atom is 0.151 e. The van der Waals surface area contributed by atoms with Gasteiger partial charge in [-0.25, -0.2) is 0 Å². The number of aliphatic hydroxyl groups is 1. The van der Waals surface area contributed by atoms with E-state index in [9.17, 15) is 0 Å². The summed E-state index contributed by atoms with van der Waals surface area (Å²) in [5, 5.41) is 8.72. The Hall–Kier alpha value is -0.120. The maximum absolute atomic E-state index is 8.72. The van der Waals surface area contributed by atoms with E-state index in [2.05, 4.69) is 13.8 Å². The van der Waals surface area contributed by atoms with Gasteiger partial charge in [-0.1, -0.05) is 13.8 Å². The van der Waals surface area contributed by atoms with E-state index in [1.807, 2.05) is 0 Å². The Labute approximate surface area is 74.7 Å². The molecule has 0 aliphatic carbocycles. The van der Waals surface area contributed by atoms with E-state index < -0.39 is 6.29 Å². The lowest BCUT2D eigenvalue weighted by molar-refractivity contribution is -0.0997. The number of hydrogen-bond donors (Lipinski definition) is 1. The number of rotatable bonds is 7. The molecule has 1 N–H and O–H groups in total. The molecule has 0 saturated heterocycles. The highest BCUT2D eigenvalue weighted by molar-refractivity contribution is 4.42. The third kappa shape index (κ3) is 9.88. The van der Waals surface area contributed by atoms with Gasteiger partial charge in [-0.2, -0.15) is 0 Å². The van der Waals surface area contributed by atoms with E-state index in [4.69, 9.17) is 14.6 Å². The Morgan fingerprint density at radius 2 is 1.75 bits per heavy atom. The van der Waals surface area contributed by atoms with Gasteiger partial charge in [-0.15, -0.1) is 0 Å². The van der Waals surface area contributed by atoms with Crippen molar-refractivity contribution in [1.82, 2.24) is 0 Å². The molecule has 0 saturated carbocycles. The topological polar surface area (TPSA) is 38.7 Å². The predicted octanol–water partition coefficient (Wildman–Crippen LogP) is 1.40. The second kappa shape index (κ2) is 7.53. The minimum atomic E-state index is -0.682. The molecule has 0 radical (unpaired) electrons. The first kappa shape index (κ1) is 11.9. The number of aliphatic hydroxyl groups excluding tert-OH is 1. The van der Waals surface area contributed by atoms with Gasteiger partial charge in [0.25, 0.3) is 0 Å². The molecule has 1 unspecified atom stereocenters. The molecule has 0 aromatic carbocycles. The molecule has 0 aromatic rings. The van der Waals surface area contributed by atoms with Crippen LogP contribution in [0, 0.1) is 5.92 Å². The van der Waals surface area contributed by atoms with Crippen LogP contribution in [0.5, 0.6) is 0 Å². The first-order chi connectivity index (χ1) is 5.63. The van der Waals surface area contributed by atoms with Gasteiger partial charge in [0.2, 0.25) is 0 Å². The lowest BCUT2D eigenvalue weighted by Crippen LogP contribution is -2.12. The van der Waals surface area contributed by atoms with E-state index in [1.54, 1.807) is 6.92 Å². The van der Waals surface area contributed by atoms with Crippen molar-refractivity contribution in [2.45, 2.75) is 33.5 Å². The van der Waals surface area contributed by atoms with Crippen LogP contribution in [0.15, 0.2) is 0 Å². The van der Waals surface area contributed by atoms with E-state index in [1.165, 1.54) is 0 Å². The highest BCUT2D eigenvalue weighted by Crippen LogP contribution is 1.98. The summed E-state index contributed by atoms with van der Waals surface area (Å²) in [6, 6.07) is 0. The van der Waals surface area contributed by atoms with Crippen LogP contribution in [0.3, 0.4) is 0 Å². The van der Waals surface area contributed by atoms with Crippen molar-refractivity contribution in [2.24, 2.45) is 5.92 Å². The summed E-state index contributed by atoms with van der Waals surface area (Å²) in [5.41, 5.74) is 0. The van der Waals surface area contributed by atoms with Crippen LogP contribution < -0.4 is 0 Å². The summed E-state index contributed by atoms with van der Waals surface area (Å²) in [7, 11) is 0. The second-order valence-electron chi connectivity index (χ2n) is 3.26. The van der Waals surface area contributed by atoms with E-state index in [0.29, 0.717) is 19.1 Å². The van der Waals surface area contributed by atoms with Gasteiger partial charge < -0.3 is 14.6 Å². The minimum Gasteiger partial charge on any atom is -0.379 e. The van der Waals surface area contributed by atoms with Crippen molar-refractivity contribution >= 4 is 0 Å². The van der Waals surface area contributed by atoms with Gasteiger partial charge in [0.1, 0.15) is 0 Å². The summed E-state index contributed by atoms with van der Waals surface area (Å²) in [6.45, 7) is 7.73. The van der Waals surface area contributed by atoms with Crippen LogP contribution in [0.25, 0.3) is 0 Å². The quantitative estimate of drug-likeness (QED) is 0.471. The number of ether oxygens (including phenoxy) is 2. The summed E-state index contributed by atoms with van der Waals surface area (Å²) >= 11 is 0. The highest BCUT2D eigenvalue weighted by Gasteiger charge is 1.95. The molecule has 0 spiro atoms. The molecule has 3 nitrogen and oxygen atoms in total. The minimum absolute atomic E-state index is 0.468. The highest BCUT2D eigenvalue weighted by atomic mass is 16.6. The summed E-state index contributed by atoms with van der Waals surface area (Å²) in [5.74, 6) is 0.683. The Kier molecular flexibility index (Phi) is 7.45. The van der Waals surface area contributed by atoms with E-state index >= 15 is 0 Å². The zero-order valence-electron chi connectivity index (χ0n) is 8.25. The molecule has 1 atom stereocenters. The van der Waals surface area contributed by atoms with Crippen LogP contribution in [0.1, 0.15) is 27.2 Å². The average Bonchev–Trinajstić information content (AvgIpc) is 1.95. The molecule has 0 aliphatic rings. The number of hydrogen-bond acceptors (Lipinski definition) is 3. The van der Waals surface area contributed by atoms with Crippen molar-refractivity contribution < 1.29 is 14.6 Å². The maximum atomic E-state index is 8.72. The van der Waals surface area contributed by atoms with Crippen molar-refractivity contribution in [3.63, 3.8) is 0 Å². The lowest BCUT2D eigenvalue weighted by atomic mass is 10.1. The Balaban J connectivity index is 2.91. The Morgan fingerprint density at radius 1 is 1.08 bits per heavy atom. The lowest BCUT2D eigenvalue weighted by Gasteiger charge is -2.08. The molecule has 12 heavy (non-hydrogen) atoms. The fraction of sp³-hybridized carbons (Fsp3) is 1.00. The van der Waals surface area contributed by atoms with Gasteiger partial charge in [-0.3, -0.25) is 0 Å².